The highest BCUT2D eigenvalue weighted by Gasteiger charge is 2.04. The van der Waals surface area contributed by atoms with E-state index in [1.807, 2.05) is 0 Å². The number of halogens is 2. The van der Waals surface area contributed by atoms with Gasteiger partial charge in [0.2, 0.25) is 5.95 Å². The molecular weight excluding hydrogens is 307 g/mol. The predicted molar refractivity (Wildman–Crippen MR) is 89.8 cm³/mol. The fourth-order valence-corrected chi connectivity index (χ4v) is 2.16. The zero-order valence-electron chi connectivity index (χ0n) is 11.9. The number of nitrogens with zero attached hydrogens (tertiary/aromatic N) is 2. The molecule has 1 aromatic carbocycles. The summed E-state index contributed by atoms with van der Waals surface area (Å²) in [6, 6.07) is 7.04. The molecule has 0 aliphatic heterocycles. The molecule has 0 aliphatic carbocycles. The molecule has 0 spiro atoms. The minimum Gasteiger partial charge on any atom is -0.354 e. The lowest BCUT2D eigenvalue weighted by molar-refractivity contribution is 0.740. The summed E-state index contributed by atoms with van der Waals surface area (Å²) in [7, 11) is 0. The van der Waals surface area contributed by atoms with Gasteiger partial charge in [-0.3, -0.25) is 0 Å². The molecule has 0 saturated carbocycles. The van der Waals surface area contributed by atoms with E-state index in [4.69, 9.17) is 23.2 Å². The Morgan fingerprint density at radius 3 is 2.81 bits per heavy atom. The summed E-state index contributed by atoms with van der Waals surface area (Å²) in [5.74, 6) is 1.28. The third-order valence-corrected chi connectivity index (χ3v) is 3.47. The van der Waals surface area contributed by atoms with Crippen molar-refractivity contribution in [3.8, 4) is 0 Å². The maximum absolute atomic E-state index is 6.12. The van der Waals surface area contributed by atoms with E-state index in [1.165, 1.54) is 12.8 Å². The van der Waals surface area contributed by atoms with Gasteiger partial charge < -0.3 is 10.6 Å². The van der Waals surface area contributed by atoms with E-state index in [0.29, 0.717) is 21.8 Å². The number of benzene rings is 1. The van der Waals surface area contributed by atoms with Gasteiger partial charge in [0.15, 0.2) is 0 Å². The second kappa shape index (κ2) is 8.05. The van der Waals surface area contributed by atoms with Crippen LogP contribution in [-0.4, -0.2) is 16.5 Å². The molecule has 0 unspecified atom stereocenters. The summed E-state index contributed by atoms with van der Waals surface area (Å²) >= 11 is 12.1. The van der Waals surface area contributed by atoms with Gasteiger partial charge >= 0.3 is 0 Å². The standard InChI is InChI=1S/C15H18Cl2N4/c1-2-3-4-8-18-15-19-9-7-14(21-15)20-13-10-11(16)5-6-12(13)17/h5-7,9-10H,2-4,8H2,1H3,(H2,18,19,20,21). The number of hydrogen-bond donors (Lipinski definition) is 2. The van der Waals surface area contributed by atoms with E-state index in [-0.39, 0.29) is 0 Å². The van der Waals surface area contributed by atoms with Gasteiger partial charge in [-0.2, -0.15) is 4.98 Å². The number of anilines is 3. The average Bonchev–Trinajstić information content (AvgIpc) is 2.48. The van der Waals surface area contributed by atoms with Crippen LogP contribution < -0.4 is 10.6 Å². The maximum atomic E-state index is 6.12. The van der Waals surface area contributed by atoms with E-state index >= 15 is 0 Å². The van der Waals surface area contributed by atoms with Crippen molar-refractivity contribution >= 4 is 40.7 Å². The molecule has 0 atom stereocenters. The minimum atomic E-state index is 0.593. The van der Waals surface area contributed by atoms with Crippen LogP contribution in [0.1, 0.15) is 26.2 Å². The molecule has 112 valence electrons. The van der Waals surface area contributed by atoms with Gasteiger partial charge in [-0.05, 0) is 30.7 Å². The second-order valence-electron chi connectivity index (χ2n) is 4.65. The Labute approximate surface area is 134 Å². The summed E-state index contributed by atoms with van der Waals surface area (Å²) < 4.78 is 0. The van der Waals surface area contributed by atoms with Crippen molar-refractivity contribution in [2.45, 2.75) is 26.2 Å². The van der Waals surface area contributed by atoms with Crippen LogP contribution in [-0.2, 0) is 0 Å². The Morgan fingerprint density at radius 2 is 2.00 bits per heavy atom. The molecule has 2 rings (SSSR count). The van der Waals surface area contributed by atoms with Gasteiger partial charge in [-0.25, -0.2) is 4.98 Å². The summed E-state index contributed by atoms with van der Waals surface area (Å²) in [5, 5.41) is 7.57. The summed E-state index contributed by atoms with van der Waals surface area (Å²) in [5.41, 5.74) is 0.722. The third-order valence-electron chi connectivity index (χ3n) is 2.91. The highest BCUT2D eigenvalue weighted by molar-refractivity contribution is 6.35. The Hall–Kier alpha value is -1.52. The zero-order chi connectivity index (χ0) is 15.1. The fourth-order valence-electron chi connectivity index (χ4n) is 1.82. The van der Waals surface area contributed by atoms with Gasteiger partial charge in [0.05, 0.1) is 10.7 Å². The lowest BCUT2D eigenvalue weighted by Gasteiger charge is -2.09. The molecule has 21 heavy (non-hydrogen) atoms. The molecule has 0 fully saturated rings. The Morgan fingerprint density at radius 1 is 1.14 bits per heavy atom. The minimum absolute atomic E-state index is 0.593. The SMILES string of the molecule is CCCCCNc1nccc(Nc2cc(Cl)ccc2Cl)n1. The van der Waals surface area contributed by atoms with Gasteiger partial charge in [0, 0.05) is 17.8 Å². The van der Waals surface area contributed by atoms with E-state index in [2.05, 4.69) is 27.5 Å². The Bertz CT molecular complexity index is 590. The number of nitrogens with one attached hydrogen (secondary N) is 2. The quantitative estimate of drug-likeness (QED) is 0.693. The topological polar surface area (TPSA) is 49.8 Å². The van der Waals surface area contributed by atoms with Crippen LogP contribution in [0.4, 0.5) is 17.5 Å². The van der Waals surface area contributed by atoms with Crippen molar-refractivity contribution in [3.05, 3.63) is 40.5 Å². The van der Waals surface area contributed by atoms with E-state index in [9.17, 15) is 0 Å². The molecule has 0 radical (unpaired) electrons. The van der Waals surface area contributed by atoms with Gasteiger partial charge in [0.25, 0.3) is 0 Å². The molecule has 1 heterocycles. The molecule has 2 aromatic rings. The first-order valence-electron chi connectivity index (χ1n) is 6.98. The number of rotatable bonds is 7. The molecule has 0 saturated heterocycles. The molecular formula is C15H18Cl2N4. The van der Waals surface area contributed by atoms with Crippen LogP contribution >= 0.6 is 23.2 Å². The van der Waals surface area contributed by atoms with Crippen LogP contribution in [0, 0.1) is 0 Å². The van der Waals surface area contributed by atoms with Crippen molar-refractivity contribution in [1.29, 1.82) is 0 Å². The van der Waals surface area contributed by atoms with Crippen molar-refractivity contribution in [3.63, 3.8) is 0 Å². The van der Waals surface area contributed by atoms with Gasteiger partial charge in [0.1, 0.15) is 5.82 Å². The molecule has 0 bridgehead atoms. The van der Waals surface area contributed by atoms with Crippen LogP contribution in [0.15, 0.2) is 30.5 Å². The van der Waals surface area contributed by atoms with Crippen LogP contribution in [0.2, 0.25) is 10.0 Å². The summed E-state index contributed by atoms with van der Waals surface area (Å²) in [6.07, 6.45) is 5.20. The highest BCUT2D eigenvalue weighted by atomic mass is 35.5. The average molecular weight is 325 g/mol. The fraction of sp³-hybridized carbons (Fsp3) is 0.333. The van der Waals surface area contributed by atoms with E-state index in [1.54, 1.807) is 30.5 Å². The lowest BCUT2D eigenvalue weighted by Crippen LogP contribution is -2.06. The molecule has 1 aromatic heterocycles. The Kier molecular flexibility index (Phi) is 6.08. The molecule has 4 nitrogen and oxygen atoms in total. The first kappa shape index (κ1) is 15.9. The van der Waals surface area contributed by atoms with Gasteiger partial charge in [-0.1, -0.05) is 43.0 Å². The summed E-state index contributed by atoms with van der Waals surface area (Å²) in [6.45, 7) is 3.05. The van der Waals surface area contributed by atoms with Gasteiger partial charge in [-0.15, -0.1) is 0 Å². The molecule has 6 heteroatoms. The molecule has 0 aliphatic rings. The first-order chi connectivity index (χ1) is 10.2. The molecule has 0 amide bonds. The molecule has 2 N–H and O–H groups in total. The van der Waals surface area contributed by atoms with Crippen LogP contribution in [0.5, 0.6) is 0 Å². The van der Waals surface area contributed by atoms with E-state index < -0.39 is 0 Å². The first-order valence-corrected chi connectivity index (χ1v) is 7.73. The van der Waals surface area contributed by atoms with Crippen molar-refractivity contribution in [1.82, 2.24) is 9.97 Å². The van der Waals surface area contributed by atoms with Crippen molar-refractivity contribution < 1.29 is 0 Å². The van der Waals surface area contributed by atoms with Crippen LogP contribution in [0.3, 0.4) is 0 Å². The second-order valence-corrected chi connectivity index (χ2v) is 5.49. The predicted octanol–water partition coefficient (Wildman–Crippen LogP) is 5.13. The number of unbranched alkanes of at least 4 members (excludes halogenated alkanes) is 2. The largest absolute Gasteiger partial charge is 0.354 e. The normalized spacial score (nSPS) is 10.4. The van der Waals surface area contributed by atoms with E-state index in [0.717, 1.165) is 18.7 Å². The third kappa shape index (κ3) is 5.06. The number of hydrogen-bond acceptors (Lipinski definition) is 4. The monoisotopic (exact) mass is 324 g/mol. The maximum Gasteiger partial charge on any atom is 0.224 e. The zero-order valence-corrected chi connectivity index (χ0v) is 13.4. The van der Waals surface area contributed by atoms with Crippen molar-refractivity contribution in [2.75, 3.05) is 17.2 Å². The van der Waals surface area contributed by atoms with Crippen molar-refractivity contribution in [2.24, 2.45) is 0 Å². The summed E-state index contributed by atoms with van der Waals surface area (Å²) in [4.78, 5) is 8.60. The Balaban J connectivity index is 2.02. The smallest absolute Gasteiger partial charge is 0.224 e. The van der Waals surface area contributed by atoms with Crippen LogP contribution in [0.25, 0.3) is 0 Å². The highest BCUT2D eigenvalue weighted by Crippen LogP contribution is 2.27. The number of aromatic nitrogens is 2. The lowest BCUT2D eigenvalue weighted by atomic mass is 10.2.